The lowest BCUT2D eigenvalue weighted by atomic mass is 10.0. The number of carboxylic acid groups (broad SMARTS) is 1. The molecule has 6 N–H and O–H groups in total. The number of rotatable bonds is 10. The zero-order valence-electron chi connectivity index (χ0n) is 14.7. The van der Waals surface area contributed by atoms with Crippen molar-refractivity contribution >= 4 is 25.0 Å². The first-order valence-corrected chi connectivity index (χ1v) is 10.4. The summed E-state index contributed by atoms with van der Waals surface area (Å²) in [6.45, 7) is 4.17. The summed E-state index contributed by atoms with van der Waals surface area (Å²) in [5, 5.41) is 19.3. The average Bonchev–Trinajstić information content (AvgIpc) is 2.51. The first kappa shape index (κ1) is 21.2. The van der Waals surface area contributed by atoms with Gasteiger partial charge in [0.1, 0.15) is 0 Å². The summed E-state index contributed by atoms with van der Waals surface area (Å²) in [5.41, 5.74) is 6.16. The van der Waals surface area contributed by atoms with Crippen LogP contribution in [0.1, 0.15) is 44.6 Å². The Labute approximate surface area is 148 Å². The second-order valence-corrected chi connectivity index (χ2v) is 8.97. The topological polar surface area (TPSA) is 136 Å². The molecule has 0 radical (unpaired) electrons. The molecule has 0 saturated heterocycles. The zero-order chi connectivity index (χ0) is 19.0. The van der Waals surface area contributed by atoms with Crippen molar-refractivity contribution in [2.45, 2.75) is 39.0 Å². The van der Waals surface area contributed by atoms with E-state index in [0.717, 1.165) is 12.8 Å². The van der Waals surface area contributed by atoms with E-state index in [4.69, 9.17) is 11.1 Å². The minimum absolute atomic E-state index is 0.131. The van der Waals surface area contributed by atoms with Crippen LogP contribution in [-0.2, 0) is 9.36 Å². The lowest BCUT2D eigenvalue weighted by molar-refractivity contribution is -0.138. The number of hydrogen-bond donors (Lipinski definition) is 5. The molecule has 1 aromatic rings. The third kappa shape index (κ3) is 7.71. The van der Waals surface area contributed by atoms with Crippen LogP contribution in [0.5, 0.6) is 0 Å². The summed E-state index contributed by atoms with van der Waals surface area (Å²) in [6, 6.07) is 6.42. The standard InChI is InChI=1S/C17H28N3O4P/c1-3-12(2)6-5-9-25(23,24)11-15(16(21)22)13-7-4-8-14(10-13)20-17(18)19/h4,7-8,10,12,15H,3,5-6,9,11H2,1-2H3,(H,21,22)(H,23,24)(H4,18,19,20). The van der Waals surface area contributed by atoms with Crippen LogP contribution < -0.4 is 11.1 Å². The molecule has 1 aromatic carbocycles. The highest BCUT2D eigenvalue weighted by Crippen LogP contribution is 2.46. The lowest BCUT2D eigenvalue weighted by Crippen LogP contribution is -2.21. The van der Waals surface area contributed by atoms with Crippen molar-refractivity contribution in [3.63, 3.8) is 0 Å². The molecule has 3 atom stereocenters. The fourth-order valence-electron chi connectivity index (χ4n) is 2.58. The van der Waals surface area contributed by atoms with E-state index in [1.807, 2.05) is 0 Å². The van der Waals surface area contributed by atoms with E-state index >= 15 is 0 Å². The van der Waals surface area contributed by atoms with Crippen LogP contribution in [0.4, 0.5) is 5.69 Å². The summed E-state index contributed by atoms with van der Waals surface area (Å²) in [4.78, 5) is 21.8. The highest BCUT2D eigenvalue weighted by Gasteiger charge is 2.30. The van der Waals surface area contributed by atoms with E-state index in [2.05, 4.69) is 19.2 Å². The quantitative estimate of drug-likeness (QED) is 0.244. The lowest BCUT2D eigenvalue weighted by Gasteiger charge is -2.19. The van der Waals surface area contributed by atoms with Gasteiger partial charge in [-0.15, -0.1) is 0 Å². The Kier molecular flexibility index (Phi) is 8.13. The Balaban J connectivity index is 2.84. The maximum absolute atomic E-state index is 12.5. The molecule has 7 nitrogen and oxygen atoms in total. The molecule has 3 unspecified atom stereocenters. The van der Waals surface area contributed by atoms with Gasteiger partial charge in [-0.3, -0.25) is 14.8 Å². The van der Waals surface area contributed by atoms with Crippen LogP contribution in [0.2, 0.25) is 0 Å². The minimum Gasteiger partial charge on any atom is -0.481 e. The van der Waals surface area contributed by atoms with E-state index < -0.39 is 19.3 Å². The molecule has 0 bridgehead atoms. The molecule has 25 heavy (non-hydrogen) atoms. The Morgan fingerprint density at radius 3 is 2.68 bits per heavy atom. The Morgan fingerprint density at radius 2 is 2.12 bits per heavy atom. The van der Waals surface area contributed by atoms with Crippen LogP contribution in [0, 0.1) is 11.3 Å². The van der Waals surface area contributed by atoms with Crippen molar-refractivity contribution in [3.05, 3.63) is 29.8 Å². The number of anilines is 1. The third-order valence-electron chi connectivity index (χ3n) is 4.24. The Hall–Kier alpha value is -1.85. The van der Waals surface area contributed by atoms with Gasteiger partial charge in [-0.1, -0.05) is 38.8 Å². The SMILES string of the molecule is CCC(C)CCCP(=O)(O)CC(C(=O)O)c1cccc(NC(=N)N)c1. The van der Waals surface area contributed by atoms with Crippen molar-refractivity contribution < 1.29 is 19.4 Å². The summed E-state index contributed by atoms with van der Waals surface area (Å²) in [7, 11) is -3.55. The molecular weight excluding hydrogens is 341 g/mol. The molecule has 0 aliphatic carbocycles. The molecule has 0 fully saturated rings. The number of hydrogen-bond acceptors (Lipinski definition) is 3. The highest BCUT2D eigenvalue weighted by molar-refractivity contribution is 7.58. The van der Waals surface area contributed by atoms with Gasteiger partial charge in [0, 0.05) is 18.0 Å². The number of benzene rings is 1. The maximum atomic E-state index is 12.5. The van der Waals surface area contributed by atoms with Gasteiger partial charge in [0.15, 0.2) is 5.96 Å². The average molecular weight is 369 g/mol. The summed E-state index contributed by atoms with van der Waals surface area (Å²) in [5.74, 6) is -1.99. The van der Waals surface area contributed by atoms with Crippen LogP contribution in [0.3, 0.4) is 0 Å². The van der Waals surface area contributed by atoms with E-state index in [1.54, 1.807) is 24.3 Å². The normalized spacial score (nSPS) is 15.8. The summed E-state index contributed by atoms with van der Waals surface area (Å²) < 4.78 is 12.5. The van der Waals surface area contributed by atoms with Crippen molar-refractivity contribution in [1.82, 2.24) is 0 Å². The molecule has 0 amide bonds. The summed E-state index contributed by atoms with van der Waals surface area (Å²) in [6.07, 6.45) is 2.32. The van der Waals surface area contributed by atoms with E-state index in [1.165, 1.54) is 0 Å². The fraction of sp³-hybridized carbons (Fsp3) is 0.529. The molecule has 140 valence electrons. The number of carboxylic acids is 1. The molecule has 0 saturated carbocycles. The third-order valence-corrected chi connectivity index (χ3v) is 6.19. The molecule has 0 aliphatic heterocycles. The maximum Gasteiger partial charge on any atom is 0.311 e. The van der Waals surface area contributed by atoms with Gasteiger partial charge >= 0.3 is 5.97 Å². The first-order chi connectivity index (χ1) is 11.6. The number of nitrogens with two attached hydrogens (primary N) is 1. The van der Waals surface area contributed by atoms with Gasteiger partial charge in [0.25, 0.3) is 0 Å². The molecule has 0 aromatic heterocycles. The van der Waals surface area contributed by atoms with Crippen LogP contribution >= 0.6 is 7.37 Å². The van der Waals surface area contributed by atoms with E-state index in [0.29, 0.717) is 23.6 Å². The second-order valence-electron chi connectivity index (χ2n) is 6.46. The molecule has 0 heterocycles. The zero-order valence-corrected chi connectivity index (χ0v) is 15.6. The van der Waals surface area contributed by atoms with Crippen molar-refractivity contribution in [2.75, 3.05) is 17.6 Å². The summed E-state index contributed by atoms with van der Waals surface area (Å²) >= 11 is 0. The Bertz CT molecular complexity index is 651. The van der Waals surface area contributed by atoms with Gasteiger partial charge in [-0.25, -0.2) is 0 Å². The number of nitrogens with one attached hydrogen (secondary N) is 2. The highest BCUT2D eigenvalue weighted by atomic mass is 31.2. The molecule has 1 rings (SSSR count). The predicted molar refractivity (Wildman–Crippen MR) is 101 cm³/mol. The monoisotopic (exact) mass is 369 g/mol. The number of guanidine groups is 1. The van der Waals surface area contributed by atoms with Crippen LogP contribution in [-0.4, -0.2) is 34.3 Å². The van der Waals surface area contributed by atoms with Crippen LogP contribution in [0.15, 0.2) is 24.3 Å². The van der Waals surface area contributed by atoms with E-state index in [-0.39, 0.29) is 18.3 Å². The van der Waals surface area contributed by atoms with Crippen molar-refractivity contribution in [3.8, 4) is 0 Å². The van der Waals surface area contributed by atoms with E-state index in [9.17, 15) is 19.4 Å². The van der Waals surface area contributed by atoms with Gasteiger partial charge < -0.3 is 21.1 Å². The van der Waals surface area contributed by atoms with Gasteiger partial charge in [-0.2, -0.15) is 0 Å². The van der Waals surface area contributed by atoms with Gasteiger partial charge in [0.2, 0.25) is 7.37 Å². The molecule has 0 spiro atoms. The largest absolute Gasteiger partial charge is 0.481 e. The number of carbonyl (C=O) groups is 1. The van der Waals surface area contributed by atoms with Gasteiger partial charge in [-0.05, 0) is 30.0 Å². The molecule has 8 heteroatoms. The van der Waals surface area contributed by atoms with Crippen LogP contribution in [0.25, 0.3) is 0 Å². The Morgan fingerprint density at radius 1 is 1.44 bits per heavy atom. The molecule has 0 aliphatic rings. The number of aliphatic carboxylic acids is 1. The minimum atomic E-state index is -3.55. The molecular formula is C17H28N3O4P. The van der Waals surface area contributed by atoms with Crippen molar-refractivity contribution in [1.29, 1.82) is 5.41 Å². The fourth-order valence-corrected chi connectivity index (χ4v) is 4.38. The van der Waals surface area contributed by atoms with Gasteiger partial charge in [0.05, 0.1) is 5.92 Å². The second kappa shape index (κ2) is 9.59. The predicted octanol–water partition coefficient (Wildman–Crippen LogP) is 3.26. The van der Waals surface area contributed by atoms with Crippen molar-refractivity contribution in [2.24, 2.45) is 11.7 Å². The first-order valence-electron chi connectivity index (χ1n) is 8.39. The smallest absolute Gasteiger partial charge is 0.311 e.